The predicted molar refractivity (Wildman–Crippen MR) is 132 cm³/mol. The van der Waals surface area contributed by atoms with Gasteiger partial charge in [-0.05, 0) is 66.4 Å². The minimum Gasteiger partial charge on any atom is -0.487 e. The maximum Gasteiger partial charge on any atom is 0.130 e. The van der Waals surface area contributed by atoms with Crippen molar-refractivity contribution in [2.45, 2.75) is 19.4 Å². The molecule has 162 valence electrons. The van der Waals surface area contributed by atoms with Crippen LogP contribution in [0.4, 0.5) is 0 Å². The molecule has 6 rings (SSSR count). The molecule has 2 aliphatic heterocycles. The first-order valence-electron chi connectivity index (χ1n) is 11.4. The maximum absolute atomic E-state index is 6.17. The average Bonchev–Trinajstić information content (AvgIpc) is 3.07. The van der Waals surface area contributed by atoms with Gasteiger partial charge in [0.15, 0.2) is 0 Å². The molecular weight excluding hydrogens is 408 g/mol. The van der Waals surface area contributed by atoms with E-state index in [1.54, 1.807) is 0 Å². The fourth-order valence-corrected chi connectivity index (χ4v) is 4.68. The number of rotatable bonds is 4. The highest BCUT2D eigenvalue weighted by Gasteiger charge is 2.25. The van der Waals surface area contributed by atoms with E-state index in [4.69, 9.17) is 9.72 Å². The number of fused-ring (bicyclic) bond motifs is 4. The van der Waals surface area contributed by atoms with Gasteiger partial charge in [-0.3, -0.25) is 9.98 Å². The molecule has 5 nitrogen and oxygen atoms in total. The summed E-state index contributed by atoms with van der Waals surface area (Å²) in [4.78, 5) is 15.9. The summed E-state index contributed by atoms with van der Waals surface area (Å²) in [5.74, 6) is 0.882. The lowest BCUT2D eigenvalue weighted by molar-refractivity contribution is 0.301. The number of nitrogens with zero attached hydrogens (tertiary/aromatic N) is 4. The van der Waals surface area contributed by atoms with Gasteiger partial charge in [-0.15, -0.1) is 0 Å². The van der Waals surface area contributed by atoms with Crippen LogP contribution in [-0.2, 0) is 13.0 Å². The zero-order chi connectivity index (χ0) is 22.0. The smallest absolute Gasteiger partial charge is 0.130 e. The highest BCUT2D eigenvalue weighted by atomic mass is 16.5. The molecule has 4 aromatic rings. The van der Waals surface area contributed by atoms with Crippen molar-refractivity contribution in [3.05, 3.63) is 102 Å². The van der Waals surface area contributed by atoms with Gasteiger partial charge in [-0.2, -0.15) is 0 Å². The van der Waals surface area contributed by atoms with Crippen LogP contribution in [0.1, 0.15) is 28.8 Å². The average molecular weight is 433 g/mol. The molecule has 33 heavy (non-hydrogen) atoms. The molecular formula is C28H24N4O. The van der Waals surface area contributed by atoms with E-state index < -0.39 is 0 Å². The molecule has 0 amide bonds. The van der Waals surface area contributed by atoms with Crippen molar-refractivity contribution >= 4 is 28.4 Å². The van der Waals surface area contributed by atoms with Crippen molar-refractivity contribution in [3.8, 4) is 5.75 Å². The Labute approximate surface area is 193 Å². The molecule has 2 aromatic carbocycles. The second-order valence-electron chi connectivity index (χ2n) is 8.42. The number of aryl methyl sites for hydroxylation is 1. The fraction of sp³-hybridized carbons (Fsp3) is 0.179. The summed E-state index contributed by atoms with van der Waals surface area (Å²) in [5, 5.41) is 1.14. The third-order valence-electron chi connectivity index (χ3n) is 6.28. The molecule has 0 saturated heterocycles. The van der Waals surface area contributed by atoms with Crippen molar-refractivity contribution in [1.82, 2.24) is 14.9 Å². The van der Waals surface area contributed by atoms with Crippen LogP contribution in [0.25, 0.3) is 22.2 Å². The fourth-order valence-electron chi connectivity index (χ4n) is 4.68. The van der Waals surface area contributed by atoms with Gasteiger partial charge in [0.2, 0.25) is 0 Å². The molecule has 0 N–H and O–H groups in total. The summed E-state index contributed by atoms with van der Waals surface area (Å²) < 4.78 is 6.17. The van der Waals surface area contributed by atoms with E-state index in [-0.39, 0.29) is 0 Å². The first kappa shape index (κ1) is 19.7. The van der Waals surface area contributed by atoms with Crippen LogP contribution >= 0.6 is 0 Å². The lowest BCUT2D eigenvalue weighted by atomic mass is 9.95. The molecule has 0 atom stereocenters. The Kier molecular flexibility index (Phi) is 5.07. The maximum atomic E-state index is 6.17. The molecule has 4 heterocycles. The molecule has 2 aromatic heterocycles. The monoisotopic (exact) mass is 432 g/mol. The SMILES string of the molecule is C1=NCN2CCCc3cc(OCc4ccc5ccccc5n4)ccc3C2=C1c1ccncc1. The molecule has 0 spiro atoms. The Bertz CT molecular complexity index is 1380. The van der Waals surface area contributed by atoms with Crippen molar-refractivity contribution in [2.24, 2.45) is 4.99 Å². The van der Waals surface area contributed by atoms with Crippen LogP contribution in [0.5, 0.6) is 5.75 Å². The largest absolute Gasteiger partial charge is 0.487 e. The van der Waals surface area contributed by atoms with E-state index in [0.29, 0.717) is 13.3 Å². The highest BCUT2D eigenvalue weighted by molar-refractivity contribution is 6.20. The third kappa shape index (κ3) is 3.87. The second-order valence-corrected chi connectivity index (χ2v) is 8.42. The normalized spacial score (nSPS) is 15.2. The summed E-state index contributed by atoms with van der Waals surface area (Å²) >= 11 is 0. The summed E-state index contributed by atoms with van der Waals surface area (Å²) in [6.45, 7) is 2.15. The number of pyridine rings is 2. The number of hydrogen-bond acceptors (Lipinski definition) is 5. The zero-order valence-electron chi connectivity index (χ0n) is 18.3. The highest BCUT2D eigenvalue weighted by Crippen LogP contribution is 2.36. The van der Waals surface area contributed by atoms with E-state index >= 15 is 0 Å². The van der Waals surface area contributed by atoms with Gasteiger partial charge in [0.25, 0.3) is 0 Å². The van der Waals surface area contributed by atoms with Gasteiger partial charge in [0.05, 0.1) is 16.9 Å². The van der Waals surface area contributed by atoms with E-state index in [1.165, 1.54) is 16.8 Å². The minimum atomic E-state index is 0.452. The second kappa shape index (κ2) is 8.51. The Morgan fingerprint density at radius 2 is 1.85 bits per heavy atom. The van der Waals surface area contributed by atoms with Crippen LogP contribution in [0.15, 0.2) is 84.1 Å². The van der Waals surface area contributed by atoms with Gasteiger partial charge < -0.3 is 9.64 Å². The number of aromatic nitrogens is 2. The van der Waals surface area contributed by atoms with E-state index in [9.17, 15) is 0 Å². The lowest BCUT2D eigenvalue weighted by Crippen LogP contribution is -2.26. The Morgan fingerprint density at radius 1 is 0.939 bits per heavy atom. The van der Waals surface area contributed by atoms with Gasteiger partial charge in [-0.1, -0.05) is 24.3 Å². The number of ether oxygens (including phenoxy) is 1. The molecule has 0 unspecified atom stereocenters. The summed E-state index contributed by atoms with van der Waals surface area (Å²) in [6, 6.07) is 22.9. The van der Waals surface area contributed by atoms with Crippen molar-refractivity contribution in [3.63, 3.8) is 0 Å². The van der Waals surface area contributed by atoms with Crippen LogP contribution < -0.4 is 4.74 Å². The molecule has 0 saturated carbocycles. The molecule has 0 fully saturated rings. The van der Waals surface area contributed by atoms with E-state index in [2.05, 4.69) is 57.3 Å². The predicted octanol–water partition coefficient (Wildman–Crippen LogP) is 5.37. The summed E-state index contributed by atoms with van der Waals surface area (Å²) in [6.07, 6.45) is 7.79. The first-order valence-corrected chi connectivity index (χ1v) is 11.4. The quantitative estimate of drug-likeness (QED) is 0.435. The summed E-state index contributed by atoms with van der Waals surface area (Å²) in [7, 11) is 0. The minimum absolute atomic E-state index is 0.452. The van der Waals surface area contributed by atoms with Gasteiger partial charge >= 0.3 is 0 Å². The standard InChI is InChI=1S/C28H24N4O/c1-2-6-27-21(4-1)7-8-23(31-27)18-33-24-9-10-25-22(16-24)5-3-15-32-19-30-17-26(28(25)32)20-11-13-29-14-12-20/h1-2,4,6-14,16-17H,3,5,15,18-19H2. The number of para-hydroxylation sites is 1. The van der Waals surface area contributed by atoms with Crippen LogP contribution in [0.3, 0.4) is 0 Å². The molecule has 5 heteroatoms. The van der Waals surface area contributed by atoms with Crippen LogP contribution in [0.2, 0.25) is 0 Å². The van der Waals surface area contributed by atoms with E-state index in [1.807, 2.05) is 42.9 Å². The Balaban J connectivity index is 1.32. The lowest BCUT2D eigenvalue weighted by Gasteiger charge is -2.29. The van der Waals surface area contributed by atoms with E-state index in [0.717, 1.165) is 52.9 Å². The molecule has 0 bridgehead atoms. The molecule has 0 aliphatic carbocycles. The van der Waals surface area contributed by atoms with Crippen molar-refractivity contribution < 1.29 is 4.74 Å². The van der Waals surface area contributed by atoms with Gasteiger partial charge in [-0.25, -0.2) is 4.98 Å². The summed E-state index contributed by atoms with van der Waals surface area (Å²) in [5.41, 5.74) is 8.06. The van der Waals surface area contributed by atoms with Crippen LogP contribution in [-0.4, -0.2) is 34.3 Å². The first-order chi connectivity index (χ1) is 16.3. The van der Waals surface area contributed by atoms with Crippen molar-refractivity contribution in [1.29, 1.82) is 0 Å². The number of benzene rings is 2. The van der Waals surface area contributed by atoms with Gasteiger partial charge in [0, 0.05) is 41.7 Å². The number of allylic oxidation sites excluding steroid dienone is 1. The zero-order valence-corrected chi connectivity index (χ0v) is 18.3. The number of hydrogen-bond donors (Lipinski definition) is 0. The Morgan fingerprint density at radius 3 is 2.79 bits per heavy atom. The topological polar surface area (TPSA) is 50.6 Å². The van der Waals surface area contributed by atoms with Gasteiger partial charge in [0.1, 0.15) is 19.0 Å². The number of aliphatic imine (C=N–C) groups is 1. The molecule has 0 radical (unpaired) electrons. The van der Waals surface area contributed by atoms with Crippen molar-refractivity contribution in [2.75, 3.05) is 13.2 Å². The third-order valence-corrected chi connectivity index (χ3v) is 6.28. The van der Waals surface area contributed by atoms with Crippen LogP contribution in [0, 0.1) is 0 Å². The molecule has 2 aliphatic rings. The Hall–Kier alpha value is -3.99.